The molecule has 1 fully saturated rings. The second-order valence-electron chi connectivity index (χ2n) is 8.88. The molecule has 0 spiro atoms. The number of carbonyl (C=O) groups excluding carboxylic acids is 1. The first-order valence-electron chi connectivity index (χ1n) is 10.00. The Morgan fingerprint density at radius 1 is 1.08 bits per heavy atom. The summed E-state index contributed by atoms with van der Waals surface area (Å²) >= 11 is 0. The van der Waals surface area contributed by atoms with Crippen molar-refractivity contribution >= 4 is 5.91 Å². The molecular weight excluding hydrogens is 312 g/mol. The van der Waals surface area contributed by atoms with E-state index >= 15 is 0 Å². The zero-order valence-corrected chi connectivity index (χ0v) is 17.4. The molecule has 0 aromatic heterocycles. The molecule has 25 heavy (non-hydrogen) atoms. The molecule has 1 saturated heterocycles. The lowest BCUT2D eigenvalue weighted by Crippen LogP contribution is -2.64. The van der Waals surface area contributed by atoms with Crippen molar-refractivity contribution in [1.29, 1.82) is 0 Å². The van der Waals surface area contributed by atoms with Gasteiger partial charge in [-0.1, -0.05) is 45.6 Å². The number of unbranched alkanes of at least 4 members (excludes halogenated alkanes) is 5. The van der Waals surface area contributed by atoms with Crippen molar-refractivity contribution in [2.45, 2.75) is 110 Å². The molecule has 0 aromatic carbocycles. The van der Waals surface area contributed by atoms with Crippen LogP contribution in [0.5, 0.6) is 0 Å². The average Bonchev–Trinajstić information content (AvgIpc) is 2.47. The van der Waals surface area contributed by atoms with Gasteiger partial charge in [-0.05, 0) is 53.9 Å². The standard InChI is InChI=1S/C21H40N2O2/c1-8-9-10-11-12-13-14-25-23-20(4,5)15-18(16-21(23,6)7)22-19(24)17(2)3/h18H,2,8-16H2,1,3-7H3,(H,22,24). The van der Waals surface area contributed by atoms with Gasteiger partial charge in [0.05, 0.1) is 6.61 Å². The van der Waals surface area contributed by atoms with Crippen LogP contribution in [-0.2, 0) is 9.63 Å². The van der Waals surface area contributed by atoms with E-state index in [1.807, 2.05) is 0 Å². The van der Waals surface area contributed by atoms with Crippen LogP contribution in [0, 0.1) is 0 Å². The molecule has 0 unspecified atom stereocenters. The van der Waals surface area contributed by atoms with E-state index in [4.69, 9.17) is 4.84 Å². The van der Waals surface area contributed by atoms with Crippen LogP contribution in [0.1, 0.15) is 92.9 Å². The zero-order chi connectivity index (χ0) is 19.1. The number of hydroxylamine groups is 2. The van der Waals surface area contributed by atoms with Gasteiger partial charge in [-0.15, -0.1) is 0 Å². The highest BCUT2D eigenvalue weighted by atomic mass is 16.7. The topological polar surface area (TPSA) is 41.6 Å². The minimum atomic E-state index is -0.114. The molecule has 1 aliphatic rings. The third-order valence-corrected chi connectivity index (χ3v) is 5.03. The number of amides is 1. The van der Waals surface area contributed by atoms with Crippen LogP contribution in [0.25, 0.3) is 0 Å². The van der Waals surface area contributed by atoms with Gasteiger partial charge in [0.25, 0.3) is 0 Å². The molecular formula is C21H40N2O2. The number of hydrogen-bond acceptors (Lipinski definition) is 3. The van der Waals surface area contributed by atoms with Crippen LogP contribution in [0.2, 0.25) is 0 Å². The number of carbonyl (C=O) groups is 1. The maximum Gasteiger partial charge on any atom is 0.246 e. The fourth-order valence-electron chi connectivity index (χ4n) is 4.06. The summed E-state index contributed by atoms with van der Waals surface area (Å²) in [6.45, 7) is 17.3. The van der Waals surface area contributed by atoms with E-state index in [0.29, 0.717) is 5.57 Å². The van der Waals surface area contributed by atoms with Gasteiger partial charge in [0.15, 0.2) is 0 Å². The summed E-state index contributed by atoms with van der Waals surface area (Å²) < 4.78 is 0. The summed E-state index contributed by atoms with van der Waals surface area (Å²) in [6.07, 6.45) is 9.38. The van der Waals surface area contributed by atoms with E-state index in [1.165, 1.54) is 32.1 Å². The minimum Gasteiger partial charge on any atom is -0.349 e. The van der Waals surface area contributed by atoms with Crippen molar-refractivity contribution in [2.75, 3.05) is 6.61 Å². The Morgan fingerprint density at radius 2 is 1.60 bits per heavy atom. The van der Waals surface area contributed by atoms with Gasteiger partial charge in [0, 0.05) is 22.7 Å². The van der Waals surface area contributed by atoms with E-state index in [2.05, 4.69) is 51.6 Å². The molecule has 1 amide bonds. The Balaban J connectivity index is 2.52. The minimum absolute atomic E-state index is 0.0435. The van der Waals surface area contributed by atoms with E-state index in [0.717, 1.165) is 25.9 Å². The van der Waals surface area contributed by atoms with Gasteiger partial charge in [-0.3, -0.25) is 9.63 Å². The Labute approximate surface area is 155 Å². The number of piperidine rings is 1. The average molecular weight is 353 g/mol. The third-order valence-electron chi connectivity index (χ3n) is 5.03. The Kier molecular flexibility index (Phi) is 8.62. The van der Waals surface area contributed by atoms with Crippen LogP contribution in [0.4, 0.5) is 0 Å². The van der Waals surface area contributed by atoms with Crippen molar-refractivity contribution < 1.29 is 9.63 Å². The lowest BCUT2D eigenvalue weighted by atomic mass is 9.79. The summed E-state index contributed by atoms with van der Waals surface area (Å²) in [6, 6.07) is 0.156. The first-order valence-corrected chi connectivity index (χ1v) is 10.00. The highest BCUT2D eigenvalue weighted by Gasteiger charge is 2.46. The molecule has 4 heteroatoms. The monoisotopic (exact) mass is 352 g/mol. The second kappa shape index (κ2) is 9.72. The maximum absolute atomic E-state index is 12.0. The molecule has 0 radical (unpaired) electrons. The van der Waals surface area contributed by atoms with Crippen LogP contribution in [-0.4, -0.2) is 34.7 Å². The van der Waals surface area contributed by atoms with Crippen molar-refractivity contribution in [1.82, 2.24) is 10.4 Å². The Morgan fingerprint density at radius 3 is 2.12 bits per heavy atom. The van der Waals surface area contributed by atoms with Crippen molar-refractivity contribution in [3.05, 3.63) is 12.2 Å². The normalized spacial score (nSPS) is 20.4. The fraction of sp³-hybridized carbons (Fsp3) is 0.857. The SMILES string of the molecule is C=C(C)C(=O)NC1CC(C)(C)N(OCCCCCCCC)C(C)(C)C1. The van der Waals surface area contributed by atoms with Crippen molar-refractivity contribution in [3.63, 3.8) is 0 Å². The first-order chi connectivity index (χ1) is 11.6. The van der Waals surface area contributed by atoms with Crippen LogP contribution in [0.15, 0.2) is 12.2 Å². The van der Waals surface area contributed by atoms with Gasteiger partial charge in [-0.2, -0.15) is 5.06 Å². The molecule has 0 bridgehead atoms. The predicted octanol–water partition coefficient (Wildman–Crippen LogP) is 4.99. The quantitative estimate of drug-likeness (QED) is 0.445. The predicted molar refractivity (Wildman–Crippen MR) is 105 cm³/mol. The third kappa shape index (κ3) is 7.10. The van der Waals surface area contributed by atoms with Gasteiger partial charge in [0.2, 0.25) is 5.91 Å². The molecule has 1 heterocycles. The Bertz CT molecular complexity index is 425. The number of nitrogens with zero attached hydrogens (tertiary/aromatic N) is 1. The van der Waals surface area contributed by atoms with Gasteiger partial charge >= 0.3 is 0 Å². The summed E-state index contributed by atoms with van der Waals surface area (Å²) in [7, 11) is 0. The zero-order valence-electron chi connectivity index (χ0n) is 17.4. The van der Waals surface area contributed by atoms with E-state index in [1.54, 1.807) is 6.92 Å². The molecule has 0 saturated carbocycles. The molecule has 4 nitrogen and oxygen atoms in total. The largest absolute Gasteiger partial charge is 0.349 e. The molecule has 0 aliphatic carbocycles. The van der Waals surface area contributed by atoms with E-state index in [9.17, 15) is 4.79 Å². The highest BCUT2D eigenvalue weighted by Crippen LogP contribution is 2.38. The van der Waals surface area contributed by atoms with Crippen LogP contribution in [0.3, 0.4) is 0 Å². The van der Waals surface area contributed by atoms with Gasteiger partial charge in [0.1, 0.15) is 0 Å². The summed E-state index contributed by atoms with van der Waals surface area (Å²) in [4.78, 5) is 18.2. The number of rotatable bonds is 10. The van der Waals surface area contributed by atoms with Crippen LogP contribution >= 0.6 is 0 Å². The van der Waals surface area contributed by atoms with Crippen LogP contribution < -0.4 is 5.32 Å². The molecule has 0 atom stereocenters. The number of hydrogen-bond donors (Lipinski definition) is 1. The molecule has 1 N–H and O–H groups in total. The fourth-order valence-corrected chi connectivity index (χ4v) is 4.06. The molecule has 1 aliphatic heterocycles. The molecule has 146 valence electrons. The maximum atomic E-state index is 12.0. The second-order valence-corrected chi connectivity index (χ2v) is 8.88. The van der Waals surface area contributed by atoms with Gasteiger partial charge < -0.3 is 5.32 Å². The smallest absolute Gasteiger partial charge is 0.246 e. The first kappa shape index (κ1) is 22.2. The lowest BCUT2D eigenvalue weighted by molar-refractivity contribution is -0.284. The summed E-state index contributed by atoms with van der Waals surface area (Å²) in [5, 5.41) is 5.30. The van der Waals surface area contributed by atoms with E-state index in [-0.39, 0.29) is 23.0 Å². The van der Waals surface area contributed by atoms with Crippen molar-refractivity contribution in [3.8, 4) is 0 Å². The number of nitrogens with one attached hydrogen (secondary N) is 1. The highest BCUT2D eigenvalue weighted by molar-refractivity contribution is 5.92. The van der Waals surface area contributed by atoms with Gasteiger partial charge in [-0.25, -0.2) is 0 Å². The van der Waals surface area contributed by atoms with E-state index < -0.39 is 0 Å². The van der Waals surface area contributed by atoms with Crippen molar-refractivity contribution in [2.24, 2.45) is 0 Å². The summed E-state index contributed by atoms with van der Waals surface area (Å²) in [5.41, 5.74) is 0.339. The molecule has 0 aromatic rings. The lowest BCUT2D eigenvalue weighted by Gasteiger charge is -2.53. The summed E-state index contributed by atoms with van der Waals surface area (Å²) in [5.74, 6) is -0.0435. The molecule has 1 rings (SSSR count). The Hall–Kier alpha value is -0.870.